The number of fused-ring (bicyclic) bond motifs is 1. The molecular weight excluding hydrogens is 266 g/mol. The van der Waals surface area contributed by atoms with Crippen molar-refractivity contribution in [2.24, 2.45) is 7.05 Å². The molecule has 2 heterocycles. The van der Waals surface area contributed by atoms with E-state index in [0.29, 0.717) is 6.42 Å². The molecule has 0 amide bonds. The lowest BCUT2D eigenvalue weighted by molar-refractivity contribution is -0.136. The van der Waals surface area contributed by atoms with Gasteiger partial charge in [0.15, 0.2) is 0 Å². The van der Waals surface area contributed by atoms with Crippen LogP contribution in [0.15, 0.2) is 42.9 Å². The SMILES string of the molecule is Cn1cc(Cn2cc(CCC(=O)O)c3ccccc32)cn1. The molecule has 0 atom stereocenters. The van der Waals surface area contributed by atoms with Crippen LogP contribution in [-0.4, -0.2) is 25.4 Å². The predicted molar refractivity (Wildman–Crippen MR) is 80.2 cm³/mol. The third kappa shape index (κ3) is 2.81. The molecule has 0 unspecified atom stereocenters. The molecule has 1 aromatic carbocycles. The maximum atomic E-state index is 10.8. The van der Waals surface area contributed by atoms with Crippen LogP contribution in [0.1, 0.15) is 17.5 Å². The normalized spacial score (nSPS) is 11.1. The highest BCUT2D eigenvalue weighted by molar-refractivity contribution is 5.84. The molecule has 2 aromatic heterocycles. The van der Waals surface area contributed by atoms with Gasteiger partial charge in [-0.15, -0.1) is 0 Å². The van der Waals surface area contributed by atoms with Crippen LogP contribution in [0.4, 0.5) is 0 Å². The summed E-state index contributed by atoms with van der Waals surface area (Å²) < 4.78 is 3.94. The number of para-hydroxylation sites is 1. The van der Waals surface area contributed by atoms with Gasteiger partial charge in [-0.3, -0.25) is 9.48 Å². The van der Waals surface area contributed by atoms with Crippen LogP contribution < -0.4 is 0 Å². The summed E-state index contributed by atoms with van der Waals surface area (Å²) in [6.45, 7) is 0.738. The Morgan fingerprint density at radius 3 is 2.81 bits per heavy atom. The van der Waals surface area contributed by atoms with Gasteiger partial charge in [0.05, 0.1) is 12.7 Å². The van der Waals surface area contributed by atoms with Crippen molar-refractivity contribution in [2.45, 2.75) is 19.4 Å². The van der Waals surface area contributed by atoms with E-state index in [4.69, 9.17) is 5.11 Å². The highest BCUT2D eigenvalue weighted by Gasteiger charge is 2.10. The number of aryl methyl sites for hydroxylation is 2. The number of carboxylic acids is 1. The van der Waals surface area contributed by atoms with E-state index >= 15 is 0 Å². The van der Waals surface area contributed by atoms with Gasteiger partial charge >= 0.3 is 5.97 Å². The molecule has 0 saturated heterocycles. The summed E-state index contributed by atoms with van der Waals surface area (Å²) in [6.07, 6.45) is 6.61. The molecule has 3 aromatic rings. The lowest BCUT2D eigenvalue weighted by Crippen LogP contribution is -1.98. The van der Waals surface area contributed by atoms with E-state index in [2.05, 4.69) is 21.9 Å². The molecule has 0 aliphatic heterocycles. The molecule has 108 valence electrons. The number of carbonyl (C=O) groups is 1. The molecule has 0 aliphatic rings. The van der Waals surface area contributed by atoms with Gasteiger partial charge in [-0.05, 0) is 18.1 Å². The Labute approximate surface area is 122 Å². The lowest BCUT2D eigenvalue weighted by Gasteiger charge is -2.02. The monoisotopic (exact) mass is 283 g/mol. The minimum atomic E-state index is -0.765. The number of nitrogens with zero attached hydrogens (tertiary/aromatic N) is 3. The van der Waals surface area contributed by atoms with E-state index in [1.165, 1.54) is 0 Å². The van der Waals surface area contributed by atoms with Crippen LogP contribution in [0, 0.1) is 0 Å². The van der Waals surface area contributed by atoms with Crippen molar-refractivity contribution < 1.29 is 9.90 Å². The van der Waals surface area contributed by atoms with Gasteiger partial charge in [0.25, 0.3) is 0 Å². The second-order valence-electron chi connectivity index (χ2n) is 5.22. The Kier molecular flexibility index (Phi) is 3.48. The number of rotatable bonds is 5. The van der Waals surface area contributed by atoms with Crippen LogP contribution in [0.25, 0.3) is 10.9 Å². The fourth-order valence-corrected chi connectivity index (χ4v) is 2.64. The van der Waals surface area contributed by atoms with Crippen molar-refractivity contribution in [1.29, 1.82) is 0 Å². The lowest BCUT2D eigenvalue weighted by atomic mass is 10.1. The van der Waals surface area contributed by atoms with E-state index in [-0.39, 0.29) is 6.42 Å². The van der Waals surface area contributed by atoms with E-state index in [1.54, 1.807) is 4.68 Å². The number of aliphatic carboxylic acids is 1. The number of hydrogen-bond acceptors (Lipinski definition) is 2. The average molecular weight is 283 g/mol. The minimum Gasteiger partial charge on any atom is -0.481 e. The standard InChI is InChI=1S/C16H17N3O2/c1-18-9-12(8-17-18)10-19-11-13(6-7-16(20)21)14-4-2-3-5-15(14)19/h2-5,8-9,11H,6-7,10H2,1H3,(H,20,21). The second kappa shape index (κ2) is 5.44. The zero-order valence-electron chi connectivity index (χ0n) is 11.9. The minimum absolute atomic E-state index is 0.154. The van der Waals surface area contributed by atoms with Crippen LogP contribution >= 0.6 is 0 Å². The summed E-state index contributed by atoms with van der Waals surface area (Å²) in [7, 11) is 1.90. The molecular formula is C16H17N3O2. The summed E-state index contributed by atoms with van der Waals surface area (Å²) in [4.78, 5) is 10.8. The molecule has 0 radical (unpaired) electrons. The van der Waals surface area contributed by atoms with Crippen LogP contribution in [0.2, 0.25) is 0 Å². The number of benzene rings is 1. The van der Waals surface area contributed by atoms with Crippen molar-refractivity contribution >= 4 is 16.9 Å². The van der Waals surface area contributed by atoms with Gasteiger partial charge in [-0.2, -0.15) is 5.10 Å². The second-order valence-corrected chi connectivity index (χ2v) is 5.22. The first-order valence-electron chi connectivity index (χ1n) is 6.89. The van der Waals surface area contributed by atoms with Crippen molar-refractivity contribution in [1.82, 2.24) is 14.3 Å². The first-order valence-corrected chi connectivity index (χ1v) is 6.89. The van der Waals surface area contributed by atoms with Gasteiger partial charge in [0.2, 0.25) is 0 Å². The largest absolute Gasteiger partial charge is 0.481 e. The molecule has 1 N–H and O–H groups in total. The fraction of sp³-hybridized carbons (Fsp3) is 0.250. The highest BCUT2D eigenvalue weighted by atomic mass is 16.4. The third-order valence-corrected chi connectivity index (χ3v) is 3.59. The Morgan fingerprint density at radius 2 is 2.10 bits per heavy atom. The summed E-state index contributed by atoms with van der Waals surface area (Å²) in [6, 6.07) is 8.10. The number of aromatic nitrogens is 3. The van der Waals surface area contributed by atoms with E-state index in [1.807, 2.05) is 37.6 Å². The Balaban J connectivity index is 1.96. The molecule has 3 rings (SSSR count). The molecule has 0 bridgehead atoms. The van der Waals surface area contributed by atoms with Crippen molar-refractivity contribution in [2.75, 3.05) is 0 Å². The molecule has 21 heavy (non-hydrogen) atoms. The molecule has 0 aliphatic carbocycles. The van der Waals surface area contributed by atoms with Crippen LogP contribution in [0.3, 0.4) is 0 Å². The summed E-state index contributed by atoms with van der Waals surface area (Å²) in [5.74, 6) is -0.765. The maximum Gasteiger partial charge on any atom is 0.303 e. The quantitative estimate of drug-likeness (QED) is 0.782. The zero-order chi connectivity index (χ0) is 14.8. The summed E-state index contributed by atoms with van der Waals surface area (Å²) in [5, 5.41) is 14.2. The molecule has 0 spiro atoms. The van der Waals surface area contributed by atoms with E-state index < -0.39 is 5.97 Å². The Hall–Kier alpha value is -2.56. The maximum absolute atomic E-state index is 10.8. The third-order valence-electron chi connectivity index (χ3n) is 3.59. The smallest absolute Gasteiger partial charge is 0.303 e. The molecule has 5 heteroatoms. The first kappa shape index (κ1) is 13.4. The van der Waals surface area contributed by atoms with E-state index in [0.717, 1.165) is 28.6 Å². The fourth-order valence-electron chi connectivity index (χ4n) is 2.64. The summed E-state index contributed by atoms with van der Waals surface area (Å²) in [5.41, 5.74) is 3.33. The van der Waals surface area contributed by atoms with Gasteiger partial charge in [0, 0.05) is 42.3 Å². The summed E-state index contributed by atoms with van der Waals surface area (Å²) >= 11 is 0. The van der Waals surface area contributed by atoms with Gasteiger partial charge in [-0.25, -0.2) is 0 Å². The van der Waals surface area contributed by atoms with Crippen LogP contribution in [-0.2, 0) is 24.8 Å². The first-order chi connectivity index (χ1) is 10.1. The molecule has 0 saturated carbocycles. The van der Waals surface area contributed by atoms with Crippen molar-refractivity contribution in [3.63, 3.8) is 0 Å². The van der Waals surface area contributed by atoms with Crippen LogP contribution in [0.5, 0.6) is 0 Å². The topological polar surface area (TPSA) is 60.0 Å². The van der Waals surface area contributed by atoms with Crippen molar-refractivity contribution in [3.05, 3.63) is 54.0 Å². The van der Waals surface area contributed by atoms with Crippen molar-refractivity contribution in [3.8, 4) is 0 Å². The Bertz CT molecular complexity index is 786. The van der Waals surface area contributed by atoms with Gasteiger partial charge in [-0.1, -0.05) is 18.2 Å². The van der Waals surface area contributed by atoms with E-state index in [9.17, 15) is 4.79 Å². The average Bonchev–Trinajstić information content (AvgIpc) is 3.02. The zero-order valence-corrected chi connectivity index (χ0v) is 11.9. The molecule has 5 nitrogen and oxygen atoms in total. The molecule has 0 fully saturated rings. The van der Waals surface area contributed by atoms with Gasteiger partial charge < -0.3 is 9.67 Å². The highest BCUT2D eigenvalue weighted by Crippen LogP contribution is 2.23. The Morgan fingerprint density at radius 1 is 1.29 bits per heavy atom. The van der Waals surface area contributed by atoms with Gasteiger partial charge in [0.1, 0.15) is 0 Å². The number of carboxylic acid groups (broad SMARTS) is 1. The predicted octanol–water partition coefficient (Wildman–Crippen LogP) is 2.44. The number of hydrogen-bond donors (Lipinski definition) is 1.